The third-order valence-electron chi connectivity index (χ3n) is 2.67. The lowest BCUT2D eigenvalue weighted by atomic mass is 10.1. The highest BCUT2D eigenvalue weighted by Crippen LogP contribution is 2.08. The van der Waals surface area contributed by atoms with Crippen LogP contribution in [0.2, 0.25) is 0 Å². The molecule has 0 heterocycles. The molecule has 0 aliphatic rings. The number of carbonyl (C=O) groups excluding carboxylic acids is 2. The highest BCUT2D eigenvalue weighted by Gasteiger charge is 2.20. The number of carbonyl (C=O) groups is 2. The first-order valence-electron chi connectivity index (χ1n) is 6.63. The number of nitrogens with one attached hydrogen (secondary N) is 3. The predicted molar refractivity (Wildman–Crippen MR) is 80.8 cm³/mol. The summed E-state index contributed by atoms with van der Waals surface area (Å²) < 4.78 is 0. The SMILES string of the molecule is CNc1ccc(C(=O)NC(C)C(=O)NC(C)(C)C)cc1. The third-order valence-corrected chi connectivity index (χ3v) is 2.67. The van der Waals surface area contributed by atoms with Crippen molar-refractivity contribution in [3.05, 3.63) is 29.8 Å². The van der Waals surface area contributed by atoms with Gasteiger partial charge in [0.1, 0.15) is 6.04 Å². The summed E-state index contributed by atoms with van der Waals surface area (Å²) in [6.07, 6.45) is 0. The molecule has 1 aromatic rings. The molecular weight excluding hydrogens is 254 g/mol. The summed E-state index contributed by atoms with van der Waals surface area (Å²) in [5.41, 5.74) is 1.14. The van der Waals surface area contributed by atoms with Gasteiger partial charge in [0.25, 0.3) is 5.91 Å². The highest BCUT2D eigenvalue weighted by atomic mass is 16.2. The normalized spacial score (nSPS) is 12.4. The van der Waals surface area contributed by atoms with Crippen molar-refractivity contribution >= 4 is 17.5 Å². The fourth-order valence-electron chi connectivity index (χ4n) is 1.61. The maximum Gasteiger partial charge on any atom is 0.251 e. The minimum Gasteiger partial charge on any atom is -0.388 e. The minimum absolute atomic E-state index is 0.197. The zero-order chi connectivity index (χ0) is 15.3. The van der Waals surface area contributed by atoms with Crippen molar-refractivity contribution in [2.75, 3.05) is 12.4 Å². The van der Waals surface area contributed by atoms with Gasteiger partial charge in [-0.1, -0.05) is 0 Å². The van der Waals surface area contributed by atoms with Gasteiger partial charge in [-0.3, -0.25) is 9.59 Å². The number of rotatable bonds is 4. The van der Waals surface area contributed by atoms with Crippen LogP contribution in [0.25, 0.3) is 0 Å². The summed E-state index contributed by atoms with van der Waals surface area (Å²) in [5.74, 6) is -0.457. The molecule has 0 saturated heterocycles. The van der Waals surface area contributed by atoms with Crippen LogP contribution in [0.5, 0.6) is 0 Å². The van der Waals surface area contributed by atoms with E-state index in [1.165, 1.54) is 0 Å². The Morgan fingerprint density at radius 1 is 1.10 bits per heavy atom. The minimum atomic E-state index is -0.578. The first-order valence-corrected chi connectivity index (χ1v) is 6.63. The number of amides is 2. The van der Waals surface area contributed by atoms with E-state index < -0.39 is 6.04 Å². The summed E-state index contributed by atoms with van der Waals surface area (Å²) in [6.45, 7) is 7.36. The summed E-state index contributed by atoms with van der Waals surface area (Å²) >= 11 is 0. The van der Waals surface area contributed by atoms with Gasteiger partial charge < -0.3 is 16.0 Å². The largest absolute Gasteiger partial charge is 0.388 e. The molecule has 0 aromatic heterocycles. The van der Waals surface area contributed by atoms with E-state index in [2.05, 4.69) is 16.0 Å². The van der Waals surface area contributed by atoms with Gasteiger partial charge in [-0.2, -0.15) is 0 Å². The molecule has 3 N–H and O–H groups in total. The molecule has 1 rings (SSSR count). The van der Waals surface area contributed by atoms with Crippen LogP contribution in [0.15, 0.2) is 24.3 Å². The molecule has 0 fully saturated rings. The Labute approximate surface area is 120 Å². The molecule has 2 amide bonds. The molecule has 0 aliphatic heterocycles. The molecule has 110 valence electrons. The van der Waals surface area contributed by atoms with Gasteiger partial charge in [0, 0.05) is 23.8 Å². The van der Waals surface area contributed by atoms with Crippen LogP contribution in [0.3, 0.4) is 0 Å². The molecule has 0 saturated carbocycles. The van der Waals surface area contributed by atoms with Crippen molar-refractivity contribution < 1.29 is 9.59 Å². The van der Waals surface area contributed by atoms with Gasteiger partial charge in [0.05, 0.1) is 0 Å². The Morgan fingerprint density at radius 3 is 2.10 bits per heavy atom. The highest BCUT2D eigenvalue weighted by molar-refractivity contribution is 5.97. The summed E-state index contributed by atoms with van der Waals surface area (Å²) in [7, 11) is 1.81. The fraction of sp³-hybridized carbons (Fsp3) is 0.467. The number of hydrogen-bond donors (Lipinski definition) is 3. The van der Waals surface area contributed by atoms with Crippen LogP contribution in [0.1, 0.15) is 38.1 Å². The average molecular weight is 277 g/mol. The van der Waals surface area contributed by atoms with Crippen molar-refractivity contribution in [2.24, 2.45) is 0 Å². The third kappa shape index (κ3) is 4.91. The van der Waals surface area contributed by atoms with E-state index in [0.717, 1.165) is 5.69 Å². The molecule has 1 aromatic carbocycles. The van der Waals surface area contributed by atoms with E-state index in [4.69, 9.17) is 0 Å². The monoisotopic (exact) mass is 277 g/mol. The zero-order valence-corrected chi connectivity index (χ0v) is 12.7. The van der Waals surface area contributed by atoms with E-state index in [1.54, 1.807) is 19.1 Å². The van der Waals surface area contributed by atoms with Crippen molar-refractivity contribution in [1.29, 1.82) is 0 Å². The Kier molecular flexibility index (Phi) is 5.13. The van der Waals surface area contributed by atoms with Crippen LogP contribution in [0, 0.1) is 0 Å². The quantitative estimate of drug-likeness (QED) is 0.785. The second kappa shape index (κ2) is 6.41. The predicted octanol–water partition coefficient (Wildman–Crippen LogP) is 1.76. The van der Waals surface area contributed by atoms with Crippen molar-refractivity contribution in [3.63, 3.8) is 0 Å². The molecule has 5 heteroatoms. The standard InChI is InChI=1S/C15H23N3O2/c1-10(13(19)18-15(2,3)4)17-14(20)11-6-8-12(16-5)9-7-11/h6-10,16H,1-5H3,(H,17,20)(H,18,19). The lowest BCUT2D eigenvalue weighted by Gasteiger charge is -2.23. The van der Waals surface area contributed by atoms with Crippen molar-refractivity contribution in [3.8, 4) is 0 Å². The Hall–Kier alpha value is -2.04. The van der Waals surface area contributed by atoms with Gasteiger partial charge in [-0.05, 0) is 52.0 Å². The molecule has 5 nitrogen and oxygen atoms in total. The van der Waals surface area contributed by atoms with Crippen molar-refractivity contribution in [2.45, 2.75) is 39.3 Å². The Morgan fingerprint density at radius 2 is 1.65 bits per heavy atom. The van der Waals surface area contributed by atoms with Crippen LogP contribution in [-0.2, 0) is 4.79 Å². The van der Waals surface area contributed by atoms with Gasteiger partial charge in [0.2, 0.25) is 5.91 Å². The van der Waals surface area contributed by atoms with Crippen LogP contribution < -0.4 is 16.0 Å². The molecule has 1 unspecified atom stereocenters. The van der Waals surface area contributed by atoms with E-state index in [-0.39, 0.29) is 17.4 Å². The van der Waals surface area contributed by atoms with Gasteiger partial charge >= 0.3 is 0 Å². The molecule has 1 atom stereocenters. The summed E-state index contributed by atoms with van der Waals surface area (Å²) in [4.78, 5) is 23.9. The first-order chi connectivity index (χ1) is 9.23. The summed E-state index contributed by atoms with van der Waals surface area (Å²) in [6, 6.07) is 6.49. The van der Waals surface area contributed by atoms with E-state index in [9.17, 15) is 9.59 Å². The average Bonchev–Trinajstić information content (AvgIpc) is 2.36. The van der Waals surface area contributed by atoms with Gasteiger partial charge in [-0.15, -0.1) is 0 Å². The molecular formula is C15H23N3O2. The summed E-state index contributed by atoms with van der Waals surface area (Å²) in [5, 5.41) is 8.50. The second-order valence-corrected chi connectivity index (χ2v) is 5.76. The molecule has 0 spiro atoms. The van der Waals surface area contributed by atoms with E-state index in [0.29, 0.717) is 5.56 Å². The van der Waals surface area contributed by atoms with Crippen LogP contribution in [-0.4, -0.2) is 30.4 Å². The smallest absolute Gasteiger partial charge is 0.251 e. The first kappa shape index (κ1) is 16.0. The number of benzene rings is 1. The Balaban J connectivity index is 2.62. The lowest BCUT2D eigenvalue weighted by Crippen LogP contribution is -2.50. The van der Waals surface area contributed by atoms with Gasteiger partial charge in [0.15, 0.2) is 0 Å². The number of hydrogen-bond acceptors (Lipinski definition) is 3. The van der Waals surface area contributed by atoms with E-state index in [1.807, 2.05) is 40.0 Å². The topological polar surface area (TPSA) is 70.2 Å². The molecule has 0 aliphatic carbocycles. The van der Waals surface area contributed by atoms with Gasteiger partial charge in [-0.25, -0.2) is 0 Å². The van der Waals surface area contributed by atoms with E-state index >= 15 is 0 Å². The maximum atomic E-state index is 12.0. The molecule has 20 heavy (non-hydrogen) atoms. The van der Waals surface area contributed by atoms with Crippen molar-refractivity contribution in [1.82, 2.24) is 10.6 Å². The molecule has 0 radical (unpaired) electrons. The molecule has 0 bridgehead atoms. The number of anilines is 1. The lowest BCUT2D eigenvalue weighted by molar-refractivity contribution is -0.124. The van der Waals surface area contributed by atoms with Crippen LogP contribution >= 0.6 is 0 Å². The zero-order valence-electron chi connectivity index (χ0n) is 12.7. The maximum absolute atomic E-state index is 12.0. The fourth-order valence-corrected chi connectivity index (χ4v) is 1.61. The Bertz CT molecular complexity index is 475. The second-order valence-electron chi connectivity index (χ2n) is 5.76. The van der Waals surface area contributed by atoms with Crippen LogP contribution in [0.4, 0.5) is 5.69 Å².